The molecule has 32 heavy (non-hydrogen) atoms. The summed E-state index contributed by atoms with van der Waals surface area (Å²) in [6.07, 6.45) is 13.7. The number of aromatic nitrogens is 3. The third-order valence-electron chi connectivity index (χ3n) is 7.30. The normalized spacial score (nSPS) is 22.3. The lowest BCUT2D eigenvalue weighted by molar-refractivity contribution is -0.123. The van der Waals surface area contributed by atoms with Gasteiger partial charge in [0.05, 0.1) is 6.20 Å². The zero-order valence-electron chi connectivity index (χ0n) is 18.8. The molecule has 1 saturated carbocycles. The van der Waals surface area contributed by atoms with Crippen molar-refractivity contribution in [1.29, 1.82) is 0 Å². The Morgan fingerprint density at radius 1 is 1.03 bits per heavy atom. The lowest BCUT2D eigenvalue weighted by atomic mass is 9.81. The van der Waals surface area contributed by atoms with E-state index in [1.165, 1.54) is 38.4 Å². The van der Waals surface area contributed by atoms with Crippen LogP contribution in [0.25, 0.3) is 21.9 Å². The Morgan fingerprint density at radius 3 is 2.53 bits per heavy atom. The predicted octanol–water partition coefficient (Wildman–Crippen LogP) is 4.93. The standard InChI is InChI=1S/C26H31FN4O/c1-30-17-21(15-29-30)19-11-20-12-22(28-16-24(20)25(27)13-19)14-26(32)18-5-7-23(8-6-18)31-9-3-2-4-10-31/h11-13,15-18,23H,2-10,14H2,1H3. The number of benzene rings is 1. The first-order valence-electron chi connectivity index (χ1n) is 11.9. The van der Waals surface area contributed by atoms with Crippen LogP contribution in [0.1, 0.15) is 50.6 Å². The van der Waals surface area contributed by atoms with Gasteiger partial charge in [0.1, 0.15) is 11.6 Å². The van der Waals surface area contributed by atoms with E-state index in [9.17, 15) is 9.18 Å². The fourth-order valence-electron chi connectivity index (χ4n) is 5.46. The van der Waals surface area contributed by atoms with E-state index in [1.54, 1.807) is 17.1 Å². The Labute approximate surface area is 188 Å². The van der Waals surface area contributed by atoms with Gasteiger partial charge in [-0.05, 0) is 80.8 Å². The molecule has 2 aliphatic rings. The molecule has 6 heteroatoms. The smallest absolute Gasteiger partial charge is 0.141 e. The number of halogens is 1. The Bertz CT molecular complexity index is 1110. The molecule has 1 aliphatic heterocycles. The molecule has 1 aliphatic carbocycles. The van der Waals surface area contributed by atoms with Crippen molar-refractivity contribution in [3.63, 3.8) is 0 Å². The Hall–Kier alpha value is -2.60. The molecule has 3 heterocycles. The van der Waals surface area contributed by atoms with Crippen LogP contribution in [0.5, 0.6) is 0 Å². The largest absolute Gasteiger partial charge is 0.300 e. The molecule has 0 spiro atoms. The highest BCUT2D eigenvalue weighted by Crippen LogP contribution is 2.31. The number of pyridine rings is 1. The molecule has 2 fully saturated rings. The SMILES string of the molecule is Cn1cc(-c2cc(F)c3cnc(CC(=O)C4CCC(N5CCCCC5)CC4)cc3c2)cn1. The zero-order valence-corrected chi connectivity index (χ0v) is 18.8. The number of nitrogens with zero attached hydrogens (tertiary/aromatic N) is 4. The molecule has 2 aromatic heterocycles. The summed E-state index contributed by atoms with van der Waals surface area (Å²) in [5.74, 6) is 0.104. The van der Waals surface area contributed by atoms with Crippen LogP contribution in [-0.2, 0) is 18.3 Å². The monoisotopic (exact) mass is 434 g/mol. The Balaban J connectivity index is 1.27. The average molecular weight is 435 g/mol. The highest BCUT2D eigenvalue weighted by atomic mass is 19.1. The van der Waals surface area contributed by atoms with Gasteiger partial charge in [-0.25, -0.2) is 4.39 Å². The van der Waals surface area contributed by atoms with Crippen molar-refractivity contribution < 1.29 is 9.18 Å². The van der Waals surface area contributed by atoms with E-state index in [4.69, 9.17) is 0 Å². The van der Waals surface area contributed by atoms with Gasteiger partial charge in [-0.2, -0.15) is 5.10 Å². The fraction of sp³-hybridized carbons (Fsp3) is 0.500. The number of ketones is 1. The number of fused-ring (bicyclic) bond motifs is 1. The van der Waals surface area contributed by atoms with Crippen LogP contribution in [-0.4, -0.2) is 44.6 Å². The maximum Gasteiger partial charge on any atom is 0.141 e. The fourth-order valence-corrected chi connectivity index (χ4v) is 5.46. The molecule has 0 unspecified atom stereocenters. The number of likely N-dealkylation sites (tertiary alicyclic amines) is 1. The number of Topliss-reactive ketones (excluding diaryl/α,β-unsaturated/α-hetero) is 1. The van der Waals surface area contributed by atoms with Crippen molar-refractivity contribution in [1.82, 2.24) is 19.7 Å². The molecule has 0 amide bonds. The van der Waals surface area contributed by atoms with Gasteiger partial charge in [-0.1, -0.05) is 6.42 Å². The van der Waals surface area contributed by atoms with Crippen LogP contribution in [0, 0.1) is 11.7 Å². The molecular formula is C26H31FN4O. The molecule has 0 N–H and O–H groups in total. The minimum absolute atomic E-state index is 0.131. The van der Waals surface area contributed by atoms with Crippen molar-refractivity contribution in [2.75, 3.05) is 13.1 Å². The molecular weight excluding hydrogens is 403 g/mol. The van der Waals surface area contributed by atoms with Crippen LogP contribution < -0.4 is 0 Å². The van der Waals surface area contributed by atoms with Gasteiger partial charge < -0.3 is 4.90 Å². The minimum atomic E-state index is -0.303. The highest BCUT2D eigenvalue weighted by molar-refractivity contribution is 5.89. The molecule has 5 nitrogen and oxygen atoms in total. The number of aryl methyl sites for hydroxylation is 1. The summed E-state index contributed by atoms with van der Waals surface area (Å²) in [6.45, 7) is 2.45. The maximum absolute atomic E-state index is 14.7. The molecule has 3 aromatic rings. The second kappa shape index (κ2) is 9.10. The summed E-state index contributed by atoms with van der Waals surface area (Å²) >= 11 is 0. The summed E-state index contributed by atoms with van der Waals surface area (Å²) in [5.41, 5.74) is 2.37. The van der Waals surface area contributed by atoms with Gasteiger partial charge in [0.25, 0.3) is 0 Å². The minimum Gasteiger partial charge on any atom is -0.300 e. The second-order valence-electron chi connectivity index (χ2n) is 9.50. The third-order valence-corrected chi connectivity index (χ3v) is 7.30. The maximum atomic E-state index is 14.7. The summed E-state index contributed by atoms with van der Waals surface area (Å²) in [5, 5.41) is 5.44. The molecule has 168 valence electrons. The van der Waals surface area contributed by atoms with Gasteiger partial charge in [0.2, 0.25) is 0 Å². The van der Waals surface area contributed by atoms with Crippen molar-refractivity contribution in [2.45, 2.75) is 57.4 Å². The van der Waals surface area contributed by atoms with E-state index in [-0.39, 0.29) is 17.5 Å². The molecule has 1 aromatic carbocycles. The quantitative estimate of drug-likeness (QED) is 0.571. The summed E-state index contributed by atoms with van der Waals surface area (Å²) in [6, 6.07) is 6.00. The van der Waals surface area contributed by atoms with Crippen molar-refractivity contribution in [3.8, 4) is 11.1 Å². The van der Waals surface area contributed by atoms with E-state index in [2.05, 4.69) is 15.0 Å². The highest BCUT2D eigenvalue weighted by Gasteiger charge is 2.30. The van der Waals surface area contributed by atoms with Crippen LogP contribution >= 0.6 is 0 Å². The van der Waals surface area contributed by atoms with Crippen molar-refractivity contribution in [3.05, 3.63) is 48.3 Å². The first-order valence-corrected chi connectivity index (χ1v) is 11.9. The lowest BCUT2D eigenvalue weighted by Crippen LogP contribution is -2.42. The lowest BCUT2D eigenvalue weighted by Gasteiger charge is -2.38. The molecule has 1 saturated heterocycles. The summed E-state index contributed by atoms with van der Waals surface area (Å²) in [7, 11) is 1.84. The van der Waals surface area contributed by atoms with Crippen LogP contribution in [0.2, 0.25) is 0 Å². The summed E-state index contributed by atoms with van der Waals surface area (Å²) in [4.78, 5) is 20.1. The van der Waals surface area contributed by atoms with Crippen molar-refractivity contribution >= 4 is 16.6 Å². The van der Waals surface area contributed by atoms with Crippen LogP contribution in [0.15, 0.2) is 36.8 Å². The molecule has 0 bridgehead atoms. The topological polar surface area (TPSA) is 51.0 Å². The van der Waals surface area contributed by atoms with Crippen LogP contribution in [0.3, 0.4) is 0 Å². The van der Waals surface area contributed by atoms with Gasteiger partial charge >= 0.3 is 0 Å². The number of rotatable bonds is 5. The predicted molar refractivity (Wildman–Crippen MR) is 124 cm³/mol. The first kappa shape index (κ1) is 21.3. The van der Waals surface area contributed by atoms with E-state index < -0.39 is 0 Å². The number of carbonyl (C=O) groups is 1. The van der Waals surface area contributed by atoms with Gasteiger partial charge in [0.15, 0.2) is 0 Å². The van der Waals surface area contributed by atoms with Crippen LogP contribution in [0.4, 0.5) is 4.39 Å². The van der Waals surface area contributed by atoms with E-state index in [0.717, 1.165) is 47.9 Å². The van der Waals surface area contributed by atoms with Gasteiger partial charge in [0, 0.05) is 54.5 Å². The van der Waals surface area contributed by atoms with Crippen molar-refractivity contribution in [2.24, 2.45) is 13.0 Å². The zero-order chi connectivity index (χ0) is 22.1. The number of hydrogen-bond donors (Lipinski definition) is 0. The molecule has 5 rings (SSSR count). The second-order valence-corrected chi connectivity index (χ2v) is 9.50. The van der Waals surface area contributed by atoms with E-state index >= 15 is 0 Å². The average Bonchev–Trinajstić information content (AvgIpc) is 3.26. The first-order chi connectivity index (χ1) is 15.6. The summed E-state index contributed by atoms with van der Waals surface area (Å²) < 4.78 is 16.4. The number of hydrogen-bond acceptors (Lipinski definition) is 4. The van der Waals surface area contributed by atoms with Gasteiger partial charge in [-0.15, -0.1) is 0 Å². The van der Waals surface area contributed by atoms with E-state index in [0.29, 0.717) is 17.8 Å². The Kier molecular flexibility index (Phi) is 6.05. The molecule has 0 radical (unpaired) electrons. The number of piperidine rings is 1. The third kappa shape index (κ3) is 4.46. The molecule has 0 atom stereocenters. The Morgan fingerprint density at radius 2 is 1.81 bits per heavy atom. The van der Waals surface area contributed by atoms with E-state index in [1.807, 2.05) is 25.4 Å². The number of carbonyl (C=O) groups excluding carboxylic acids is 1. The van der Waals surface area contributed by atoms with Gasteiger partial charge in [-0.3, -0.25) is 14.5 Å².